The van der Waals surface area contributed by atoms with E-state index in [1.54, 1.807) is 12.5 Å². The quantitative estimate of drug-likeness (QED) is 0.744. The Kier molecular flexibility index (Phi) is 6.34. The van der Waals surface area contributed by atoms with Crippen LogP contribution in [-0.2, 0) is 23.3 Å². The number of nitrogens with zero attached hydrogens (tertiary/aromatic N) is 1. The zero-order chi connectivity index (χ0) is 22.0. The van der Waals surface area contributed by atoms with E-state index in [0.717, 1.165) is 39.1 Å². The van der Waals surface area contributed by atoms with E-state index in [1.165, 1.54) is 36.8 Å². The first-order chi connectivity index (χ1) is 15.7. The van der Waals surface area contributed by atoms with E-state index < -0.39 is 0 Å². The van der Waals surface area contributed by atoms with Crippen LogP contribution in [0.15, 0.2) is 54.6 Å². The molecule has 2 unspecified atom stereocenters. The molecule has 2 fully saturated rings. The number of amides is 1. The average molecular weight is 432 g/mol. The maximum atomic E-state index is 12.0. The lowest BCUT2D eigenvalue weighted by Crippen LogP contribution is -2.59. The smallest absolute Gasteiger partial charge is 0.217 e. The second kappa shape index (κ2) is 9.36. The standard InChI is InChI=1S/C28H37N3O/c1-21(32)30-27-13-7-12-26(27)28(20-29-18-23-10-5-6-11-25(23)28)24-14-16-31(17-15-24)19-22-8-3-2-4-9-22/h2-6,8-11,24,26-27,29H,7,12-20H2,1H3,(H,30,32)/t26-,27?,28?/m0/s1. The number of hydrogen-bond donors (Lipinski definition) is 2. The summed E-state index contributed by atoms with van der Waals surface area (Å²) in [5.41, 5.74) is 4.53. The number of rotatable bonds is 5. The number of hydrogen-bond acceptors (Lipinski definition) is 3. The van der Waals surface area contributed by atoms with Crippen LogP contribution in [0.25, 0.3) is 0 Å². The van der Waals surface area contributed by atoms with Gasteiger partial charge in [0.25, 0.3) is 0 Å². The second-order valence-corrected chi connectivity index (χ2v) is 10.2. The topological polar surface area (TPSA) is 44.4 Å². The van der Waals surface area contributed by atoms with Gasteiger partial charge >= 0.3 is 0 Å². The first-order valence-corrected chi connectivity index (χ1v) is 12.5. The third kappa shape index (κ3) is 4.11. The highest BCUT2D eigenvalue weighted by Gasteiger charge is 2.53. The lowest BCUT2D eigenvalue weighted by atomic mass is 9.56. The van der Waals surface area contributed by atoms with Crippen LogP contribution in [0.2, 0.25) is 0 Å². The van der Waals surface area contributed by atoms with Crippen molar-refractivity contribution in [2.45, 2.75) is 63.6 Å². The molecule has 1 saturated carbocycles. The Labute approximate surface area is 192 Å². The molecule has 4 nitrogen and oxygen atoms in total. The molecule has 0 aromatic heterocycles. The summed E-state index contributed by atoms with van der Waals surface area (Å²) in [6.45, 7) is 7.03. The molecule has 0 bridgehead atoms. The van der Waals surface area contributed by atoms with Crippen LogP contribution in [0.4, 0.5) is 0 Å². The van der Waals surface area contributed by atoms with Gasteiger partial charge in [0.1, 0.15) is 0 Å². The summed E-state index contributed by atoms with van der Waals surface area (Å²) in [6.07, 6.45) is 6.00. The zero-order valence-corrected chi connectivity index (χ0v) is 19.4. The molecule has 2 aromatic rings. The largest absolute Gasteiger partial charge is 0.353 e. The molecule has 2 aliphatic heterocycles. The van der Waals surface area contributed by atoms with Crippen molar-refractivity contribution < 1.29 is 4.79 Å². The van der Waals surface area contributed by atoms with Crippen molar-refractivity contribution in [2.24, 2.45) is 11.8 Å². The number of likely N-dealkylation sites (tertiary alicyclic amines) is 1. The van der Waals surface area contributed by atoms with Gasteiger partial charge in [0.2, 0.25) is 5.91 Å². The van der Waals surface area contributed by atoms with E-state index >= 15 is 0 Å². The summed E-state index contributed by atoms with van der Waals surface area (Å²) in [4.78, 5) is 14.7. The van der Waals surface area contributed by atoms with Gasteiger partial charge in [-0.3, -0.25) is 9.69 Å². The van der Waals surface area contributed by atoms with Crippen LogP contribution in [0, 0.1) is 11.8 Å². The lowest BCUT2D eigenvalue weighted by molar-refractivity contribution is -0.120. The van der Waals surface area contributed by atoms with Crippen molar-refractivity contribution in [3.63, 3.8) is 0 Å². The third-order valence-electron chi connectivity index (χ3n) is 8.38. The fourth-order valence-electron chi connectivity index (χ4n) is 7.08. The summed E-state index contributed by atoms with van der Waals surface area (Å²) in [5, 5.41) is 7.15. The number of carbonyl (C=O) groups excluding carboxylic acids is 1. The van der Waals surface area contributed by atoms with Crippen LogP contribution < -0.4 is 10.6 Å². The first kappa shape index (κ1) is 21.7. The molecule has 2 N–H and O–H groups in total. The lowest BCUT2D eigenvalue weighted by Gasteiger charge is -2.53. The molecule has 3 aliphatic rings. The van der Waals surface area contributed by atoms with Crippen molar-refractivity contribution in [2.75, 3.05) is 19.6 Å². The molecule has 4 heteroatoms. The van der Waals surface area contributed by atoms with E-state index in [0.29, 0.717) is 17.9 Å². The minimum atomic E-state index is 0.108. The number of benzene rings is 2. The summed E-state index contributed by atoms with van der Waals surface area (Å²) in [7, 11) is 0. The van der Waals surface area contributed by atoms with Crippen LogP contribution >= 0.6 is 0 Å². The van der Waals surface area contributed by atoms with E-state index in [9.17, 15) is 4.79 Å². The Morgan fingerprint density at radius 3 is 2.56 bits per heavy atom. The molecule has 5 rings (SSSR count). The fourth-order valence-corrected chi connectivity index (χ4v) is 7.08. The van der Waals surface area contributed by atoms with Crippen molar-refractivity contribution in [3.05, 3.63) is 71.3 Å². The molecule has 2 aromatic carbocycles. The Hall–Kier alpha value is -2.17. The molecule has 3 atom stereocenters. The predicted molar refractivity (Wildman–Crippen MR) is 129 cm³/mol. The zero-order valence-electron chi connectivity index (χ0n) is 19.4. The summed E-state index contributed by atoms with van der Waals surface area (Å²) in [5.74, 6) is 1.26. The summed E-state index contributed by atoms with van der Waals surface area (Å²) >= 11 is 0. The third-order valence-corrected chi connectivity index (χ3v) is 8.38. The van der Waals surface area contributed by atoms with Crippen molar-refractivity contribution in [1.29, 1.82) is 0 Å². The van der Waals surface area contributed by atoms with Gasteiger partial charge in [-0.05, 0) is 67.3 Å². The highest BCUT2D eigenvalue weighted by atomic mass is 16.1. The van der Waals surface area contributed by atoms with Crippen LogP contribution in [0.3, 0.4) is 0 Å². The first-order valence-electron chi connectivity index (χ1n) is 12.5. The molecule has 0 radical (unpaired) electrons. The van der Waals surface area contributed by atoms with Gasteiger partial charge in [-0.1, -0.05) is 61.0 Å². The van der Waals surface area contributed by atoms with Crippen molar-refractivity contribution in [3.8, 4) is 0 Å². The SMILES string of the molecule is CC(=O)NC1CCC[C@@H]1C1(C2CCN(Cc3ccccc3)CC2)CNCc2ccccc21. The highest BCUT2D eigenvalue weighted by molar-refractivity contribution is 5.73. The van der Waals surface area contributed by atoms with Gasteiger partial charge in [0.15, 0.2) is 0 Å². The van der Waals surface area contributed by atoms with Gasteiger partial charge in [0, 0.05) is 38.0 Å². The number of piperidine rings is 1. The van der Waals surface area contributed by atoms with Crippen molar-refractivity contribution >= 4 is 5.91 Å². The molecule has 1 aliphatic carbocycles. The van der Waals surface area contributed by atoms with Gasteiger partial charge in [-0.2, -0.15) is 0 Å². The molecular formula is C28H37N3O. The molecule has 170 valence electrons. The molecule has 32 heavy (non-hydrogen) atoms. The van der Waals surface area contributed by atoms with Crippen LogP contribution in [0.5, 0.6) is 0 Å². The normalized spacial score (nSPS) is 28.9. The second-order valence-electron chi connectivity index (χ2n) is 10.2. The molecule has 0 spiro atoms. The van der Waals surface area contributed by atoms with E-state index in [4.69, 9.17) is 0 Å². The maximum Gasteiger partial charge on any atom is 0.217 e. The van der Waals surface area contributed by atoms with Gasteiger partial charge < -0.3 is 10.6 Å². The molecular weight excluding hydrogens is 394 g/mol. The molecule has 1 amide bonds. The van der Waals surface area contributed by atoms with Crippen LogP contribution in [-0.4, -0.2) is 36.5 Å². The minimum Gasteiger partial charge on any atom is -0.353 e. The van der Waals surface area contributed by atoms with E-state index in [1.807, 2.05) is 0 Å². The number of fused-ring (bicyclic) bond motifs is 1. The number of carbonyl (C=O) groups is 1. The van der Waals surface area contributed by atoms with Crippen LogP contribution in [0.1, 0.15) is 55.7 Å². The number of nitrogens with one attached hydrogen (secondary N) is 2. The molecule has 1 saturated heterocycles. The monoisotopic (exact) mass is 431 g/mol. The highest BCUT2D eigenvalue weighted by Crippen LogP contribution is 2.52. The van der Waals surface area contributed by atoms with Gasteiger partial charge in [0.05, 0.1) is 0 Å². The fraction of sp³-hybridized carbons (Fsp3) is 0.536. The predicted octanol–water partition coefficient (Wildman–Crippen LogP) is 4.24. The average Bonchev–Trinajstić information content (AvgIpc) is 3.28. The summed E-state index contributed by atoms with van der Waals surface area (Å²) in [6, 6.07) is 20.3. The van der Waals surface area contributed by atoms with Gasteiger partial charge in [-0.25, -0.2) is 0 Å². The Balaban J connectivity index is 1.43. The Morgan fingerprint density at radius 2 is 1.78 bits per heavy atom. The maximum absolute atomic E-state index is 12.0. The minimum absolute atomic E-state index is 0.108. The van der Waals surface area contributed by atoms with Gasteiger partial charge in [-0.15, -0.1) is 0 Å². The van der Waals surface area contributed by atoms with E-state index in [-0.39, 0.29) is 11.3 Å². The van der Waals surface area contributed by atoms with E-state index in [2.05, 4.69) is 70.1 Å². The summed E-state index contributed by atoms with van der Waals surface area (Å²) < 4.78 is 0. The molecule has 2 heterocycles. The Morgan fingerprint density at radius 1 is 1.03 bits per heavy atom. The van der Waals surface area contributed by atoms with Crippen molar-refractivity contribution in [1.82, 2.24) is 15.5 Å². The Bertz CT molecular complexity index is 921.